The third-order valence-electron chi connectivity index (χ3n) is 3.98. The van der Waals surface area contributed by atoms with Crippen LogP contribution in [0, 0.1) is 6.92 Å². The number of nitrogens with zero attached hydrogens (tertiary/aromatic N) is 3. The molecule has 0 saturated carbocycles. The van der Waals surface area contributed by atoms with E-state index in [2.05, 4.69) is 52.3 Å². The van der Waals surface area contributed by atoms with Crippen LogP contribution in [0.25, 0.3) is 0 Å². The van der Waals surface area contributed by atoms with Gasteiger partial charge in [0.2, 0.25) is 0 Å². The van der Waals surface area contributed by atoms with Crippen LogP contribution in [0.3, 0.4) is 0 Å². The number of hydrogen-bond donors (Lipinski definition) is 0. The first-order chi connectivity index (χ1) is 9.72. The first kappa shape index (κ1) is 13.3. The van der Waals surface area contributed by atoms with Crippen LogP contribution < -0.4 is 0 Å². The van der Waals surface area contributed by atoms with Crippen molar-refractivity contribution in [2.75, 3.05) is 26.7 Å². The van der Waals surface area contributed by atoms with E-state index in [-0.39, 0.29) is 0 Å². The topological polar surface area (TPSA) is 32.5 Å². The standard InChI is InChI=1S/C16H21N3O/c1-13-10-15(17-20-13)11-19-9-8-18(2)16(12-19)14-6-4-3-5-7-14/h3-7,10,16H,8-9,11-12H2,1-2H3. The molecule has 1 fully saturated rings. The summed E-state index contributed by atoms with van der Waals surface area (Å²) in [6, 6.07) is 13.2. The van der Waals surface area contributed by atoms with Gasteiger partial charge in [-0.2, -0.15) is 0 Å². The van der Waals surface area contributed by atoms with Gasteiger partial charge in [-0.3, -0.25) is 9.80 Å². The zero-order valence-corrected chi connectivity index (χ0v) is 12.1. The molecule has 0 aliphatic carbocycles. The van der Waals surface area contributed by atoms with Crippen LogP contribution in [0.2, 0.25) is 0 Å². The molecule has 2 heterocycles. The predicted molar refractivity (Wildman–Crippen MR) is 78.3 cm³/mol. The van der Waals surface area contributed by atoms with E-state index in [0.29, 0.717) is 6.04 Å². The van der Waals surface area contributed by atoms with Crippen LogP contribution >= 0.6 is 0 Å². The summed E-state index contributed by atoms with van der Waals surface area (Å²) < 4.78 is 5.15. The summed E-state index contributed by atoms with van der Waals surface area (Å²) in [6.07, 6.45) is 0. The van der Waals surface area contributed by atoms with Gasteiger partial charge in [0.1, 0.15) is 5.76 Å². The fourth-order valence-electron chi connectivity index (χ4n) is 2.83. The second kappa shape index (κ2) is 5.77. The molecule has 3 rings (SSSR count). The molecule has 1 aromatic heterocycles. The Bertz CT molecular complexity index is 552. The van der Waals surface area contributed by atoms with E-state index in [1.54, 1.807) is 0 Å². The number of rotatable bonds is 3. The lowest BCUT2D eigenvalue weighted by Crippen LogP contribution is -2.46. The molecule has 4 heteroatoms. The highest BCUT2D eigenvalue weighted by molar-refractivity contribution is 5.20. The zero-order valence-electron chi connectivity index (χ0n) is 12.1. The average Bonchev–Trinajstić information content (AvgIpc) is 2.87. The Morgan fingerprint density at radius 2 is 2.05 bits per heavy atom. The van der Waals surface area contributed by atoms with Crippen LogP contribution in [0.15, 0.2) is 40.9 Å². The van der Waals surface area contributed by atoms with Crippen molar-refractivity contribution in [3.05, 3.63) is 53.4 Å². The summed E-state index contributed by atoms with van der Waals surface area (Å²) in [4.78, 5) is 4.88. The van der Waals surface area contributed by atoms with Crippen LogP contribution in [0.5, 0.6) is 0 Å². The molecule has 0 radical (unpaired) electrons. The minimum absolute atomic E-state index is 0.456. The molecule has 1 unspecified atom stereocenters. The monoisotopic (exact) mass is 271 g/mol. The normalized spacial score (nSPS) is 21.2. The maximum Gasteiger partial charge on any atom is 0.133 e. The summed E-state index contributed by atoms with van der Waals surface area (Å²) in [6.45, 7) is 6.00. The van der Waals surface area contributed by atoms with Crippen molar-refractivity contribution >= 4 is 0 Å². The van der Waals surface area contributed by atoms with Crippen LogP contribution in [0.4, 0.5) is 0 Å². The molecular formula is C16H21N3O. The molecule has 0 N–H and O–H groups in total. The van der Waals surface area contributed by atoms with E-state index in [0.717, 1.165) is 37.6 Å². The van der Waals surface area contributed by atoms with Crippen molar-refractivity contribution in [3.8, 4) is 0 Å². The van der Waals surface area contributed by atoms with Crippen molar-refractivity contribution in [1.82, 2.24) is 15.0 Å². The molecular weight excluding hydrogens is 250 g/mol. The smallest absolute Gasteiger partial charge is 0.133 e. The minimum Gasteiger partial charge on any atom is -0.361 e. The van der Waals surface area contributed by atoms with Crippen molar-refractivity contribution in [2.45, 2.75) is 19.5 Å². The maximum atomic E-state index is 5.15. The van der Waals surface area contributed by atoms with Crippen molar-refractivity contribution in [1.29, 1.82) is 0 Å². The van der Waals surface area contributed by atoms with Gasteiger partial charge in [-0.15, -0.1) is 0 Å². The molecule has 4 nitrogen and oxygen atoms in total. The third-order valence-corrected chi connectivity index (χ3v) is 3.98. The lowest BCUT2D eigenvalue weighted by Gasteiger charge is -2.39. The van der Waals surface area contributed by atoms with Crippen molar-refractivity contribution < 1.29 is 4.52 Å². The SMILES string of the molecule is Cc1cc(CN2CCN(C)C(c3ccccc3)C2)no1. The second-order valence-electron chi connectivity index (χ2n) is 5.57. The van der Waals surface area contributed by atoms with Gasteiger partial charge in [-0.25, -0.2) is 0 Å². The van der Waals surface area contributed by atoms with E-state index < -0.39 is 0 Å². The van der Waals surface area contributed by atoms with Gasteiger partial charge < -0.3 is 4.52 Å². The van der Waals surface area contributed by atoms with Gasteiger partial charge in [0.25, 0.3) is 0 Å². The van der Waals surface area contributed by atoms with Gasteiger partial charge in [0.15, 0.2) is 0 Å². The van der Waals surface area contributed by atoms with E-state index in [4.69, 9.17) is 4.52 Å². The minimum atomic E-state index is 0.456. The average molecular weight is 271 g/mol. The maximum absolute atomic E-state index is 5.15. The molecule has 1 aliphatic heterocycles. The number of piperazine rings is 1. The Hall–Kier alpha value is -1.65. The van der Waals surface area contributed by atoms with Crippen LogP contribution in [-0.4, -0.2) is 41.6 Å². The predicted octanol–water partition coefficient (Wildman–Crippen LogP) is 2.47. The molecule has 0 spiro atoms. The molecule has 0 bridgehead atoms. The summed E-state index contributed by atoms with van der Waals surface area (Å²) in [5.74, 6) is 0.883. The highest BCUT2D eigenvalue weighted by Crippen LogP contribution is 2.24. The quantitative estimate of drug-likeness (QED) is 0.858. The number of benzene rings is 1. The van der Waals surface area contributed by atoms with Gasteiger partial charge in [-0.05, 0) is 19.5 Å². The number of hydrogen-bond acceptors (Lipinski definition) is 4. The molecule has 106 valence electrons. The fraction of sp³-hybridized carbons (Fsp3) is 0.438. The molecule has 20 heavy (non-hydrogen) atoms. The Morgan fingerprint density at radius 3 is 2.75 bits per heavy atom. The van der Waals surface area contributed by atoms with Gasteiger partial charge in [-0.1, -0.05) is 35.5 Å². The number of aromatic nitrogens is 1. The van der Waals surface area contributed by atoms with Crippen LogP contribution in [0.1, 0.15) is 23.1 Å². The molecule has 1 saturated heterocycles. The Labute approximate surface area is 120 Å². The Kier molecular flexibility index (Phi) is 3.85. The third kappa shape index (κ3) is 2.92. The molecule has 1 aromatic carbocycles. The summed E-state index contributed by atoms with van der Waals surface area (Å²) >= 11 is 0. The highest BCUT2D eigenvalue weighted by Gasteiger charge is 2.25. The largest absolute Gasteiger partial charge is 0.361 e. The highest BCUT2D eigenvalue weighted by atomic mass is 16.5. The van der Waals surface area contributed by atoms with E-state index >= 15 is 0 Å². The van der Waals surface area contributed by atoms with E-state index in [9.17, 15) is 0 Å². The lowest BCUT2D eigenvalue weighted by molar-refractivity contribution is 0.0888. The molecule has 1 aliphatic rings. The van der Waals surface area contributed by atoms with Gasteiger partial charge in [0.05, 0.1) is 5.69 Å². The summed E-state index contributed by atoms with van der Waals surface area (Å²) in [5.41, 5.74) is 2.41. The van der Waals surface area contributed by atoms with Crippen LogP contribution in [-0.2, 0) is 6.54 Å². The first-order valence-corrected chi connectivity index (χ1v) is 7.12. The van der Waals surface area contributed by atoms with E-state index in [1.165, 1.54) is 5.56 Å². The number of likely N-dealkylation sites (N-methyl/N-ethyl adjacent to an activating group) is 1. The second-order valence-corrected chi connectivity index (χ2v) is 5.57. The van der Waals surface area contributed by atoms with Crippen molar-refractivity contribution in [2.24, 2.45) is 0 Å². The summed E-state index contributed by atoms with van der Waals surface area (Å²) in [5, 5.41) is 4.10. The lowest BCUT2D eigenvalue weighted by atomic mass is 10.0. The van der Waals surface area contributed by atoms with Crippen molar-refractivity contribution in [3.63, 3.8) is 0 Å². The molecule has 1 atom stereocenters. The molecule has 0 amide bonds. The molecule has 2 aromatic rings. The Balaban J connectivity index is 1.70. The fourth-order valence-corrected chi connectivity index (χ4v) is 2.83. The first-order valence-electron chi connectivity index (χ1n) is 7.12. The zero-order chi connectivity index (χ0) is 13.9. The number of aryl methyl sites for hydroxylation is 1. The summed E-state index contributed by atoms with van der Waals surface area (Å²) in [7, 11) is 2.20. The van der Waals surface area contributed by atoms with E-state index in [1.807, 2.05) is 13.0 Å². The van der Waals surface area contributed by atoms with Gasteiger partial charge in [0, 0.05) is 38.3 Å². The Morgan fingerprint density at radius 1 is 1.25 bits per heavy atom. The van der Waals surface area contributed by atoms with Gasteiger partial charge >= 0.3 is 0 Å².